The summed E-state index contributed by atoms with van der Waals surface area (Å²) in [6.45, 7) is 4.68. The summed E-state index contributed by atoms with van der Waals surface area (Å²) in [4.78, 5) is 0. The third kappa shape index (κ3) is 3.20. The van der Waals surface area contributed by atoms with E-state index in [1.54, 1.807) is 11.1 Å². The molecule has 2 aliphatic rings. The molecule has 1 fully saturated rings. The number of hydrogen-bond donors (Lipinski definition) is 1. The largest absolute Gasteiger partial charge is 0.326 e. The number of aryl methyl sites for hydroxylation is 2. The summed E-state index contributed by atoms with van der Waals surface area (Å²) >= 11 is 4.19. The van der Waals surface area contributed by atoms with E-state index in [0.29, 0.717) is 11.3 Å². The van der Waals surface area contributed by atoms with Gasteiger partial charge in [0.1, 0.15) is 0 Å². The van der Waals surface area contributed by atoms with Crippen LogP contribution in [0.2, 0.25) is 0 Å². The van der Waals surface area contributed by atoms with Gasteiger partial charge < -0.3 is 5.73 Å². The van der Waals surface area contributed by atoms with Gasteiger partial charge in [0.2, 0.25) is 0 Å². The Labute approximate surface area is 131 Å². The van der Waals surface area contributed by atoms with Gasteiger partial charge in [-0.25, -0.2) is 0 Å². The van der Waals surface area contributed by atoms with Gasteiger partial charge in [-0.15, -0.1) is 0 Å². The average Bonchev–Trinajstić information content (AvgIpc) is 2.89. The van der Waals surface area contributed by atoms with Crippen molar-refractivity contribution in [1.82, 2.24) is 0 Å². The maximum atomic E-state index is 6.50. The van der Waals surface area contributed by atoms with E-state index in [0.717, 1.165) is 16.9 Å². The van der Waals surface area contributed by atoms with Crippen molar-refractivity contribution in [3.63, 3.8) is 0 Å². The van der Waals surface area contributed by atoms with Crippen molar-refractivity contribution >= 4 is 23.5 Å². The van der Waals surface area contributed by atoms with Crippen molar-refractivity contribution in [3.8, 4) is 0 Å². The van der Waals surface area contributed by atoms with Crippen LogP contribution in [-0.2, 0) is 19.3 Å². The van der Waals surface area contributed by atoms with E-state index in [1.807, 2.05) is 0 Å². The second-order valence-corrected chi connectivity index (χ2v) is 9.27. The van der Waals surface area contributed by atoms with E-state index >= 15 is 0 Å². The molecule has 1 aliphatic carbocycles. The number of hydrogen-bond acceptors (Lipinski definition) is 3. The fraction of sp³-hybridized carbons (Fsp3) is 0.647. The molecular weight excluding hydrogens is 282 g/mol. The van der Waals surface area contributed by atoms with Crippen LogP contribution in [0.3, 0.4) is 0 Å². The van der Waals surface area contributed by atoms with E-state index in [9.17, 15) is 0 Å². The molecule has 4 unspecified atom stereocenters. The normalized spacial score (nSPS) is 31.1. The molecule has 1 aromatic carbocycles. The molecule has 1 saturated heterocycles. The van der Waals surface area contributed by atoms with E-state index in [2.05, 4.69) is 55.6 Å². The molecule has 110 valence electrons. The predicted octanol–water partition coefficient (Wildman–Crippen LogP) is 3.67. The van der Waals surface area contributed by atoms with Crippen molar-refractivity contribution in [3.05, 3.63) is 34.9 Å². The Kier molecular flexibility index (Phi) is 4.68. The van der Waals surface area contributed by atoms with Gasteiger partial charge in [-0.1, -0.05) is 32.0 Å². The molecule has 0 amide bonds. The van der Waals surface area contributed by atoms with Crippen molar-refractivity contribution in [2.24, 2.45) is 5.73 Å². The first-order chi connectivity index (χ1) is 9.63. The molecule has 0 radical (unpaired) electrons. The molecule has 20 heavy (non-hydrogen) atoms. The van der Waals surface area contributed by atoms with E-state index in [1.165, 1.54) is 30.6 Å². The molecule has 3 heteroatoms. The highest BCUT2D eigenvalue weighted by atomic mass is 32.2. The summed E-state index contributed by atoms with van der Waals surface area (Å²) in [6, 6.07) is 7.34. The van der Waals surface area contributed by atoms with Crippen molar-refractivity contribution < 1.29 is 0 Å². The minimum Gasteiger partial charge on any atom is -0.326 e. The maximum absolute atomic E-state index is 6.50. The van der Waals surface area contributed by atoms with E-state index in [-0.39, 0.29) is 0 Å². The van der Waals surface area contributed by atoms with Gasteiger partial charge in [0.15, 0.2) is 0 Å². The quantitative estimate of drug-likeness (QED) is 0.922. The van der Waals surface area contributed by atoms with Gasteiger partial charge in [-0.2, -0.15) is 23.5 Å². The fourth-order valence-electron chi connectivity index (χ4n) is 3.19. The van der Waals surface area contributed by atoms with Gasteiger partial charge in [0.05, 0.1) is 0 Å². The lowest BCUT2D eigenvalue weighted by molar-refractivity contribution is 0.656. The van der Waals surface area contributed by atoms with Crippen molar-refractivity contribution in [1.29, 1.82) is 0 Å². The topological polar surface area (TPSA) is 26.0 Å². The molecule has 1 aromatic rings. The van der Waals surface area contributed by atoms with E-state index < -0.39 is 0 Å². The van der Waals surface area contributed by atoms with Crippen LogP contribution in [-0.4, -0.2) is 27.5 Å². The second kappa shape index (κ2) is 6.33. The van der Waals surface area contributed by atoms with Crippen LogP contribution in [0, 0.1) is 0 Å². The van der Waals surface area contributed by atoms with Crippen LogP contribution in [0.1, 0.15) is 37.0 Å². The molecule has 0 spiro atoms. The first-order valence-electron chi connectivity index (χ1n) is 7.77. The van der Waals surface area contributed by atoms with Crippen LogP contribution in [0.15, 0.2) is 18.2 Å². The Hall–Kier alpha value is -0.120. The molecule has 0 saturated carbocycles. The number of thioether (sulfide) groups is 2. The summed E-state index contributed by atoms with van der Waals surface area (Å²) < 4.78 is 0. The molecule has 1 heterocycles. The van der Waals surface area contributed by atoms with Crippen LogP contribution < -0.4 is 5.73 Å². The van der Waals surface area contributed by atoms with Crippen molar-refractivity contribution in [2.75, 3.05) is 5.75 Å². The average molecular weight is 308 g/mol. The highest BCUT2D eigenvalue weighted by molar-refractivity contribution is 8.07. The van der Waals surface area contributed by atoms with Gasteiger partial charge in [0, 0.05) is 27.5 Å². The molecule has 1 aliphatic heterocycles. The Morgan fingerprint density at radius 2 is 2.00 bits per heavy atom. The Morgan fingerprint density at radius 3 is 2.80 bits per heavy atom. The molecular formula is C17H25NS2. The lowest BCUT2D eigenvalue weighted by atomic mass is 10.00. The summed E-state index contributed by atoms with van der Waals surface area (Å²) in [7, 11) is 0. The maximum Gasteiger partial charge on any atom is 0.0295 e. The highest BCUT2D eigenvalue weighted by Crippen LogP contribution is 2.37. The molecule has 4 atom stereocenters. The Balaban J connectivity index is 1.62. The summed E-state index contributed by atoms with van der Waals surface area (Å²) in [6.07, 6.45) is 4.90. The fourth-order valence-corrected chi connectivity index (χ4v) is 6.25. The summed E-state index contributed by atoms with van der Waals surface area (Å²) in [5.41, 5.74) is 11.1. The van der Waals surface area contributed by atoms with Crippen LogP contribution in [0.25, 0.3) is 0 Å². The van der Waals surface area contributed by atoms with E-state index in [4.69, 9.17) is 5.73 Å². The van der Waals surface area contributed by atoms with Gasteiger partial charge >= 0.3 is 0 Å². The third-order valence-corrected chi connectivity index (χ3v) is 8.26. The number of nitrogens with two attached hydrogens (primary N) is 1. The van der Waals surface area contributed by atoms with Crippen molar-refractivity contribution in [2.45, 2.75) is 61.3 Å². The lowest BCUT2D eigenvalue weighted by Crippen LogP contribution is -2.41. The summed E-state index contributed by atoms with van der Waals surface area (Å²) in [5.74, 6) is 1.21. The molecule has 3 rings (SSSR count). The zero-order valence-electron chi connectivity index (χ0n) is 12.5. The second-order valence-electron chi connectivity index (χ2n) is 6.24. The Morgan fingerprint density at radius 1 is 1.20 bits per heavy atom. The predicted molar refractivity (Wildman–Crippen MR) is 92.9 cm³/mol. The zero-order valence-corrected chi connectivity index (χ0v) is 14.1. The number of benzene rings is 1. The minimum atomic E-state index is 0.293. The summed E-state index contributed by atoms with van der Waals surface area (Å²) in [5, 5.41) is 2.10. The highest BCUT2D eigenvalue weighted by Gasteiger charge is 2.29. The number of fused-ring (bicyclic) bond motifs is 1. The number of rotatable bonds is 3. The zero-order chi connectivity index (χ0) is 14.1. The first-order valence-corrected chi connectivity index (χ1v) is 9.76. The molecule has 2 N–H and O–H groups in total. The van der Waals surface area contributed by atoms with Crippen LogP contribution in [0.4, 0.5) is 0 Å². The van der Waals surface area contributed by atoms with Gasteiger partial charge in [0.25, 0.3) is 0 Å². The molecule has 1 nitrogen and oxygen atoms in total. The van der Waals surface area contributed by atoms with Gasteiger partial charge in [-0.05, 0) is 42.4 Å². The standard InChI is InChI=1S/C17H25NS2/c1-11-12(2)20-17(10-19-11)16(18)9-13-6-7-14-4-3-5-15(14)8-13/h6-8,11-12,16-17H,3-5,9-10,18H2,1-2H3. The van der Waals surface area contributed by atoms with Crippen LogP contribution in [0.5, 0.6) is 0 Å². The van der Waals surface area contributed by atoms with Crippen LogP contribution >= 0.6 is 23.5 Å². The first kappa shape index (κ1) is 14.8. The molecule has 0 aromatic heterocycles. The Bertz CT molecular complexity index is 474. The SMILES string of the molecule is CC1SCC(C(N)Cc2ccc3c(c2)CCC3)SC1C. The smallest absolute Gasteiger partial charge is 0.0295 e. The monoisotopic (exact) mass is 307 g/mol. The van der Waals surface area contributed by atoms with Gasteiger partial charge in [-0.3, -0.25) is 0 Å². The third-order valence-electron chi connectivity index (χ3n) is 4.69. The molecule has 0 bridgehead atoms. The lowest BCUT2D eigenvalue weighted by Gasteiger charge is -2.34. The minimum absolute atomic E-state index is 0.293.